The van der Waals surface area contributed by atoms with E-state index in [9.17, 15) is 4.79 Å². The largest absolute Gasteiger partial charge is 0.497 e. The van der Waals surface area contributed by atoms with E-state index in [1.807, 2.05) is 24.3 Å². The molecule has 1 aromatic carbocycles. The fraction of sp³-hybridized carbons (Fsp3) is 0.250. The third-order valence-corrected chi connectivity index (χ3v) is 3.95. The molecule has 7 nitrogen and oxygen atoms in total. The molecular formula is C20H22N4O3. The van der Waals surface area contributed by atoms with Crippen molar-refractivity contribution in [3.8, 4) is 5.75 Å². The maximum atomic E-state index is 12.3. The number of methoxy groups -OCH3 is 1. The molecule has 7 heteroatoms. The zero-order valence-electron chi connectivity index (χ0n) is 15.4. The molecule has 0 aliphatic heterocycles. The van der Waals surface area contributed by atoms with Crippen molar-refractivity contribution in [1.82, 2.24) is 15.3 Å². The van der Waals surface area contributed by atoms with E-state index in [2.05, 4.69) is 20.6 Å². The average molecular weight is 366 g/mol. The Bertz CT molecular complexity index is 877. The van der Waals surface area contributed by atoms with Crippen LogP contribution in [0.5, 0.6) is 5.75 Å². The van der Waals surface area contributed by atoms with Gasteiger partial charge in [-0.15, -0.1) is 0 Å². The fourth-order valence-electron chi connectivity index (χ4n) is 2.57. The third-order valence-electron chi connectivity index (χ3n) is 3.95. The quantitative estimate of drug-likeness (QED) is 0.637. The molecule has 2 N–H and O–H groups in total. The zero-order chi connectivity index (χ0) is 19.1. The number of ether oxygens (including phenoxy) is 1. The monoisotopic (exact) mass is 366 g/mol. The molecule has 27 heavy (non-hydrogen) atoms. The van der Waals surface area contributed by atoms with Crippen LogP contribution in [0.4, 0.5) is 5.82 Å². The molecule has 2 heterocycles. The van der Waals surface area contributed by atoms with Gasteiger partial charge in [0.15, 0.2) is 0 Å². The first-order chi connectivity index (χ1) is 13.1. The van der Waals surface area contributed by atoms with Gasteiger partial charge in [-0.2, -0.15) is 0 Å². The first kappa shape index (κ1) is 18.4. The summed E-state index contributed by atoms with van der Waals surface area (Å²) < 4.78 is 10.4. The van der Waals surface area contributed by atoms with Crippen LogP contribution < -0.4 is 15.4 Å². The van der Waals surface area contributed by atoms with E-state index in [0.29, 0.717) is 36.2 Å². The lowest BCUT2D eigenvalue weighted by Gasteiger charge is -2.09. The summed E-state index contributed by atoms with van der Waals surface area (Å²) in [7, 11) is 1.65. The predicted octanol–water partition coefficient (Wildman–Crippen LogP) is 2.97. The van der Waals surface area contributed by atoms with Crippen LogP contribution in [-0.4, -0.2) is 29.5 Å². The van der Waals surface area contributed by atoms with Crippen molar-refractivity contribution in [2.24, 2.45) is 0 Å². The molecule has 0 unspecified atom stereocenters. The van der Waals surface area contributed by atoms with Gasteiger partial charge in [-0.25, -0.2) is 9.97 Å². The molecular weight excluding hydrogens is 344 g/mol. The van der Waals surface area contributed by atoms with Gasteiger partial charge in [-0.3, -0.25) is 4.79 Å². The summed E-state index contributed by atoms with van der Waals surface area (Å²) in [6.07, 6.45) is 2.40. The highest BCUT2D eigenvalue weighted by atomic mass is 16.5. The SMILES string of the molecule is COc1ccc(CCNc2cc(C(=O)NCc3ccco3)nc(C)n2)cc1. The van der Waals surface area contributed by atoms with Gasteiger partial charge in [0.1, 0.15) is 28.8 Å². The molecule has 0 radical (unpaired) electrons. The van der Waals surface area contributed by atoms with E-state index in [4.69, 9.17) is 9.15 Å². The third kappa shape index (κ3) is 5.31. The first-order valence-corrected chi connectivity index (χ1v) is 8.67. The van der Waals surface area contributed by atoms with Crippen LogP contribution in [0.3, 0.4) is 0 Å². The molecule has 0 saturated carbocycles. The number of rotatable bonds is 8. The van der Waals surface area contributed by atoms with E-state index >= 15 is 0 Å². The number of hydrogen-bond acceptors (Lipinski definition) is 6. The molecule has 0 aliphatic rings. The molecule has 2 aromatic heterocycles. The van der Waals surface area contributed by atoms with Gasteiger partial charge in [0.05, 0.1) is 19.9 Å². The lowest BCUT2D eigenvalue weighted by Crippen LogP contribution is -2.24. The van der Waals surface area contributed by atoms with Crippen molar-refractivity contribution in [3.63, 3.8) is 0 Å². The fourth-order valence-corrected chi connectivity index (χ4v) is 2.57. The second-order valence-electron chi connectivity index (χ2n) is 5.97. The summed E-state index contributed by atoms with van der Waals surface area (Å²) in [4.78, 5) is 20.9. The second kappa shape index (κ2) is 8.84. The van der Waals surface area contributed by atoms with Gasteiger partial charge in [0.25, 0.3) is 5.91 Å². The summed E-state index contributed by atoms with van der Waals surface area (Å²) in [6, 6.07) is 13.2. The van der Waals surface area contributed by atoms with Crippen LogP contribution in [0.2, 0.25) is 0 Å². The number of aryl methyl sites for hydroxylation is 1. The van der Waals surface area contributed by atoms with Crippen molar-refractivity contribution in [3.05, 3.63) is 71.6 Å². The summed E-state index contributed by atoms with van der Waals surface area (Å²) in [5.41, 5.74) is 1.51. The van der Waals surface area contributed by atoms with Crippen LogP contribution in [0.1, 0.15) is 27.6 Å². The maximum Gasteiger partial charge on any atom is 0.270 e. The molecule has 0 spiro atoms. The topological polar surface area (TPSA) is 89.3 Å². The summed E-state index contributed by atoms with van der Waals surface area (Å²) >= 11 is 0. The average Bonchev–Trinajstić information content (AvgIpc) is 3.20. The lowest BCUT2D eigenvalue weighted by molar-refractivity contribution is 0.0942. The summed E-state index contributed by atoms with van der Waals surface area (Å²) in [5.74, 6) is 2.41. The van der Waals surface area contributed by atoms with Crippen LogP contribution in [0, 0.1) is 6.92 Å². The minimum Gasteiger partial charge on any atom is -0.497 e. The molecule has 0 bridgehead atoms. The summed E-state index contributed by atoms with van der Waals surface area (Å²) in [6.45, 7) is 2.77. The molecule has 0 atom stereocenters. The Balaban J connectivity index is 1.56. The highest BCUT2D eigenvalue weighted by molar-refractivity contribution is 5.92. The Labute approximate surface area is 157 Å². The van der Waals surface area contributed by atoms with Crippen molar-refractivity contribution < 1.29 is 13.9 Å². The zero-order valence-corrected chi connectivity index (χ0v) is 15.4. The Morgan fingerprint density at radius 3 is 2.70 bits per heavy atom. The number of aromatic nitrogens is 2. The number of nitrogens with one attached hydrogen (secondary N) is 2. The minimum absolute atomic E-state index is 0.268. The lowest BCUT2D eigenvalue weighted by atomic mass is 10.1. The van der Waals surface area contributed by atoms with Gasteiger partial charge >= 0.3 is 0 Å². The molecule has 0 aliphatic carbocycles. The van der Waals surface area contributed by atoms with Gasteiger partial charge < -0.3 is 19.8 Å². The van der Waals surface area contributed by atoms with E-state index < -0.39 is 0 Å². The van der Waals surface area contributed by atoms with Gasteiger partial charge in [-0.05, 0) is 43.2 Å². The Morgan fingerprint density at radius 1 is 1.19 bits per heavy atom. The number of carbonyl (C=O) groups is 1. The highest BCUT2D eigenvalue weighted by Crippen LogP contribution is 2.12. The van der Waals surface area contributed by atoms with Crippen LogP contribution in [-0.2, 0) is 13.0 Å². The predicted molar refractivity (Wildman–Crippen MR) is 102 cm³/mol. The van der Waals surface area contributed by atoms with Crippen LogP contribution in [0.25, 0.3) is 0 Å². The van der Waals surface area contributed by atoms with E-state index in [0.717, 1.165) is 12.2 Å². The maximum absolute atomic E-state index is 12.3. The van der Waals surface area contributed by atoms with Gasteiger partial charge in [0.2, 0.25) is 0 Å². The van der Waals surface area contributed by atoms with Crippen LogP contribution in [0.15, 0.2) is 53.1 Å². The van der Waals surface area contributed by atoms with Crippen molar-refractivity contribution in [2.75, 3.05) is 19.0 Å². The first-order valence-electron chi connectivity index (χ1n) is 8.67. The van der Waals surface area contributed by atoms with Crippen LogP contribution >= 0.6 is 0 Å². The van der Waals surface area contributed by atoms with Crippen molar-refractivity contribution >= 4 is 11.7 Å². The number of nitrogens with zero attached hydrogens (tertiary/aromatic N) is 2. The number of carbonyl (C=O) groups excluding carboxylic acids is 1. The molecule has 3 aromatic rings. The number of anilines is 1. The van der Waals surface area contributed by atoms with Gasteiger partial charge in [-0.1, -0.05) is 12.1 Å². The molecule has 0 fully saturated rings. The standard InChI is InChI=1S/C20H22N4O3/c1-14-23-18(20(25)22-13-17-4-3-11-27-17)12-19(24-14)21-10-9-15-5-7-16(26-2)8-6-15/h3-8,11-12H,9-10,13H2,1-2H3,(H,22,25)(H,21,23,24). The van der Waals surface area contributed by atoms with Gasteiger partial charge in [0, 0.05) is 12.6 Å². The number of hydrogen-bond donors (Lipinski definition) is 2. The normalized spacial score (nSPS) is 10.4. The molecule has 1 amide bonds. The minimum atomic E-state index is -0.268. The van der Waals surface area contributed by atoms with E-state index in [-0.39, 0.29) is 5.91 Å². The van der Waals surface area contributed by atoms with E-state index in [1.165, 1.54) is 5.56 Å². The number of amides is 1. The van der Waals surface area contributed by atoms with E-state index in [1.54, 1.807) is 38.5 Å². The Morgan fingerprint density at radius 2 is 2.00 bits per heavy atom. The molecule has 140 valence electrons. The Hall–Kier alpha value is -3.35. The smallest absolute Gasteiger partial charge is 0.270 e. The Kier molecular flexibility index (Phi) is 6.04. The molecule has 0 saturated heterocycles. The molecule has 3 rings (SSSR count). The highest BCUT2D eigenvalue weighted by Gasteiger charge is 2.11. The summed E-state index contributed by atoms with van der Waals surface area (Å²) in [5, 5.41) is 6.03. The van der Waals surface area contributed by atoms with Crippen molar-refractivity contribution in [2.45, 2.75) is 19.9 Å². The van der Waals surface area contributed by atoms with Crippen molar-refractivity contribution in [1.29, 1.82) is 0 Å². The second-order valence-corrected chi connectivity index (χ2v) is 5.97. The number of furan rings is 1. The number of benzene rings is 1.